The summed E-state index contributed by atoms with van der Waals surface area (Å²) in [6, 6.07) is 0. The van der Waals surface area contributed by atoms with Gasteiger partial charge >= 0.3 is 0 Å². The largest absolute Gasteiger partial charge is 0.243 e. The Kier molecular flexibility index (Phi) is 3.02. The molecule has 0 bridgehead atoms. The SMILES string of the molecule is CC(C)SCC1=NNNC1. The average molecular weight is 159 g/mol. The van der Waals surface area contributed by atoms with E-state index in [1.165, 1.54) is 5.71 Å². The molecule has 0 aromatic rings. The van der Waals surface area contributed by atoms with E-state index in [0.29, 0.717) is 5.25 Å². The van der Waals surface area contributed by atoms with Crippen LogP contribution in [0.2, 0.25) is 0 Å². The number of nitrogens with one attached hydrogen (secondary N) is 2. The van der Waals surface area contributed by atoms with Crippen LogP contribution < -0.4 is 11.0 Å². The third-order valence-electron chi connectivity index (χ3n) is 1.17. The molecular formula is C6H13N3S. The van der Waals surface area contributed by atoms with Gasteiger partial charge in [0.2, 0.25) is 0 Å². The van der Waals surface area contributed by atoms with Crippen LogP contribution in [0.4, 0.5) is 0 Å². The Morgan fingerprint density at radius 3 is 3.00 bits per heavy atom. The highest BCUT2D eigenvalue weighted by atomic mass is 32.2. The minimum atomic E-state index is 0.697. The second-order valence-corrected chi connectivity index (χ2v) is 4.07. The first kappa shape index (κ1) is 7.88. The van der Waals surface area contributed by atoms with Gasteiger partial charge in [-0.1, -0.05) is 13.8 Å². The van der Waals surface area contributed by atoms with Crippen molar-refractivity contribution in [2.75, 3.05) is 12.3 Å². The zero-order chi connectivity index (χ0) is 7.40. The van der Waals surface area contributed by atoms with Gasteiger partial charge in [-0.25, -0.2) is 11.0 Å². The first-order valence-corrected chi connectivity index (χ1v) is 4.49. The second kappa shape index (κ2) is 3.83. The second-order valence-electron chi connectivity index (χ2n) is 2.50. The molecule has 0 radical (unpaired) electrons. The number of hydrazine groups is 1. The van der Waals surface area contributed by atoms with Crippen molar-refractivity contribution in [2.45, 2.75) is 19.1 Å². The Morgan fingerprint density at radius 2 is 2.50 bits per heavy atom. The van der Waals surface area contributed by atoms with Crippen LogP contribution in [0.1, 0.15) is 13.8 Å². The normalized spacial score (nSPS) is 17.3. The monoisotopic (exact) mass is 159 g/mol. The first-order valence-electron chi connectivity index (χ1n) is 3.44. The van der Waals surface area contributed by atoms with E-state index in [4.69, 9.17) is 0 Å². The standard InChI is InChI=1S/C6H13N3S/c1-5(2)10-4-6-3-7-9-8-6/h5,7,9H,3-4H2,1-2H3. The van der Waals surface area contributed by atoms with E-state index in [1.54, 1.807) is 0 Å². The molecule has 0 atom stereocenters. The van der Waals surface area contributed by atoms with Gasteiger partial charge in [-0.2, -0.15) is 16.9 Å². The Balaban J connectivity index is 2.13. The van der Waals surface area contributed by atoms with E-state index in [-0.39, 0.29) is 0 Å². The topological polar surface area (TPSA) is 36.4 Å². The highest BCUT2D eigenvalue weighted by Gasteiger charge is 2.05. The average Bonchev–Trinajstić information content (AvgIpc) is 2.34. The van der Waals surface area contributed by atoms with Gasteiger partial charge in [0.05, 0.1) is 12.3 Å². The minimum Gasteiger partial charge on any atom is -0.243 e. The number of rotatable bonds is 3. The maximum Gasteiger partial charge on any atom is 0.0649 e. The zero-order valence-corrected chi connectivity index (χ0v) is 7.16. The van der Waals surface area contributed by atoms with E-state index in [2.05, 4.69) is 29.9 Å². The third-order valence-corrected chi connectivity index (χ3v) is 2.34. The quantitative estimate of drug-likeness (QED) is 0.633. The molecule has 1 aliphatic heterocycles. The van der Waals surface area contributed by atoms with E-state index >= 15 is 0 Å². The van der Waals surface area contributed by atoms with Crippen LogP contribution in [0.5, 0.6) is 0 Å². The molecule has 0 aliphatic carbocycles. The summed E-state index contributed by atoms with van der Waals surface area (Å²) < 4.78 is 0. The molecule has 10 heavy (non-hydrogen) atoms. The molecule has 4 heteroatoms. The molecule has 3 nitrogen and oxygen atoms in total. The fourth-order valence-corrected chi connectivity index (χ4v) is 1.34. The summed E-state index contributed by atoms with van der Waals surface area (Å²) >= 11 is 1.92. The Bertz CT molecular complexity index is 133. The van der Waals surface area contributed by atoms with Crippen molar-refractivity contribution in [3.05, 3.63) is 0 Å². The summed E-state index contributed by atoms with van der Waals surface area (Å²) in [5.74, 6) is 1.04. The van der Waals surface area contributed by atoms with Gasteiger partial charge in [0, 0.05) is 5.75 Å². The van der Waals surface area contributed by atoms with Crippen molar-refractivity contribution >= 4 is 17.5 Å². The molecule has 1 rings (SSSR count). The van der Waals surface area contributed by atoms with Gasteiger partial charge in [0.25, 0.3) is 0 Å². The Morgan fingerprint density at radius 1 is 1.70 bits per heavy atom. The van der Waals surface area contributed by atoms with Crippen molar-refractivity contribution in [1.29, 1.82) is 0 Å². The van der Waals surface area contributed by atoms with Gasteiger partial charge in [-0.3, -0.25) is 0 Å². The lowest BCUT2D eigenvalue weighted by Gasteiger charge is -2.01. The Hall–Kier alpha value is -0.220. The predicted molar refractivity (Wildman–Crippen MR) is 46.2 cm³/mol. The highest BCUT2D eigenvalue weighted by Crippen LogP contribution is 2.09. The third kappa shape index (κ3) is 2.58. The number of nitrogens with zero attached hydrogens (tertiary/aromatic N) is 1. The molecule has 0 amide bonds. The fraction of sp³-hybridized carbons (Fsp3) is 0.833. The van der Waals surface area contributed by atoms with Crippen LogP contribution in [0.15, 0.2) is 5.10 Å². The van der Waals surface area contributed by atoms with Crippen LogP contribution in [-0.2, 0) is 0 Å². The van der Waals surface area contributed by atoms with Crippen molar-refractivity contribution in [3.63, 3.8) is 0 Å². The van der Waals surface area contributed by atoms with Gasteiger partial charge in [-0.15, -0.1) is 0 Å². The van der Waals surface area contributed by atoms with Gasteiger partial charge in [0.1, 0.15) is 0 Å². The number of hydrazone groups is 1. The van der Waals surface area contributed by atoms with Gasteiger partial charge in [0.15, 0.2) is 0 Å². The first-order chi connectivity index (χ1) is 4.79. The molecule has 1 aliphatic rings. The minimum absolute atomic E-state index is 0.697. The Labute approximate surface area is 65.6 Å². The summed E-state index contributed by atoms with van der Waals surface area (Å²) in [7, 11) is 0. The van der Waals surface area contributed by atoms with Gasteiger partial charge < -0.3 is 0 Å². The lowest BCUT2D eigenvalue weighted by Crippen LogP contribution is -2.22. The van der Waals surface area contributed by atoms with Crippen molar-refractivity contribution in [2.24, 2.45) is 5.10 Å². The van der Waals surface area contributed by atoms with E-state index in [1.807, 2.05) is 11.8 Å². The zero-order valence-electron chi connectivity index (χ0n) is 6.35. The van der Waals surface area contributed by atoms with Crippen molar-refractivity contribution < 1.29 is 0 Å². The smallest absolute Gasteiger partial charge is 0.0649 e. The molecule has 0 spiro atoms. The predicted octanol–water partition coefficient (Wildman–Crippen LogP) is 0.592. The van der Waals surface area contributed by atoms with Gasteiger partial charge in [-0.05, 0) is 5.25 Å². The molecule has 1 heterocycles. The molecule has 0 fully saturated rings. The number of thioether (sulfide) groups is 1. The molecular weight excluding hydrogens is 146 g/mol. The maximum absolute atomic E-state index is 4.04. The molecule has 2 N–H and O–H groups in total. The molecule has 0 saturated heterocycles. The molecule has 0 aromatic heterocycles. The summed E-state index contributed by atoms with van der Waals surface area (Å²) in [5, 5.41) is 4.74. The molecule has 0 aromatic carbocycles. The van der Waals surface area contributed by atoms with Crippen LogP contribution in [-0.4, -0.2) is 23.3 Å². The van der Waals surface area contributed by atoms with Crippen LogP contribution in [0.3, 0.4) is 0 Å². The number of hydrogen-bond donors (Lipinski definition) is 2. The summed E-state index contributed by atoms with van der Waals surface area (Å²) in [6.07, 6.45) is 0. The lowest BCUT2D eigenvalue weighted by molar-refractivity contribution is 0.653. The van der Waals surface area contributed by atoms with Crippen LogP contribution in [0, 0.1) is 0 Å². The summed E-state index contributed by atoms with van der Waals surface area (Å²) in [4.78, 5) is 0. The summed E-state index contributed by atoms with van der Waals surface area (Å²) in [5.41, 5.74) is 6.86. The van der Waals surface area contributed by atoms with Crippen LogP contribution in [0.25, 0.3) is 0 Å². The summed E-state index contributed by atoms with van der Waals surface area (Å²) in [6.45, 7) is 5.28. The van der Waals surface area contributed by atoms with Crippen LogP contribution >= 0.6 is 11.8 Å². The van der Waals surface area contributed by atoms with E-state index < -0.39 is 0 Å². The fourth-order valence-electron chi connectivity index (χ4n) is 0.646. The van der Waals surface area contributed by atoms with Crippen molar-refractivity contribution in [1.82, 2.24) is 11.0 Å². The van der Waals surface area contributed by atoms with E-state index in [0.717, 1.165) is 12.3 Å². The molecule has 0 saturated carbocycles. The molecule has 58 valence electrons. The lowest BCUT2D eigenvalue weighted by atomic mass is 10.4. The number of hydrogen-bond acceptors (Lipinski definition) is 4. The van der Waals surface area contributed by atoms with E-state index in [9.17, 15) is 0 Å². The van der Waals surface area contributed by atoms with Crippen molar-refractivity contribution in [3.8, 4) is 0 Å². The highest BCUT2D eigenvalue weighted by molar-refractivity contribution is 8.00. The molecule has 0 unspecified atom stereocenters. The maximum atomic E-state index is 4.04.